The average molecular weight is 646 g/mol. The van der Waals surface area contributed by atoms with Gasteiger partial charge in [-0.3, -0.25) is 0 Å². The highest BCUT2D eigenvalue weighted by atomic mass is 79.9. The third kappa shape index (κ3) is 5.14. The first kappa shape index (κ1) is 27.9. The van der Waals surface area contributed by atoms with E-state index in [1.54, 1.807) is 43.3 Å². The number of nitrogens with zero attached hydrogens (tertiary/aromatic N) is 2. The Morgan fingerprint density at radius 2 is 1.88 bits per heavy atom. The molecule has 3 aromatic carbocycles. The van der Waals surface area contributed by atoms with Crippen LogP contribution in [-0.4, -0.2) is 34.3 Å². The molecule has 0 unspecified atom stereocenters. The molecule has 1 N–H and O–H groups in total. The Morgan fingerprint density at radius 1 is 1.10 bits per heavy atom. The van der Waals surface area contributed by atoms with Crippen molar-refractivity contribution in [3.05, 3.63) is 93.2 Å². The van der Waals surface area contributed by atoms with E-state index in [9.17, 15) is 14.3 Å². The van der Waals surface area contributed by atoms with Gasteiger partial charge in [0.15, 0.2) is 11.6 Å². The molecule has 0 saturated carbocycles. The summed E-state index contributed by atoms with van der Waals surface area (Å²) in [5.41, 5.74) is 2.37. The molecule has 11 heteroatoms. The van der Waals surface area contributed by atoms with Crippen LogP contribution in [0.2, 0.25) is 5.02 Å². The van der Waals surface area contributed by atoms with E-state index >= 15 is 4.39 Å². The second-order valence-electron chi connectivity index (χ2n) is 8.76. The van der Waals surface area contributed by atoms with Crippen molar-refractivity contribution in [1.29, 1.82) is 0 Å². The Morgan fingerprint density at radius 3 is 2.62 bits per heavy atom. The number of aromatic nitrogens is 2. The zero-order valence-electron chi connectivity index (χ0n) is 21.0. The second kappa shape index (κ2) is 11.5. The molecule has 0 aliphatic heterocycles. The molecule has 5 rings (SSSR count). The number of benzene rings is 3. The van der Waals surface area contributed by atoms with Gasteiger partial charge in [0.05, 0.1) is 17.5 Å². The Balaban J connectivity index is 1.74. The van der Waals surface area contributed by atoms with Crippen LogP contribution in [0.3, 0.4) is 0 Å². The summed E-state index contributed by atoms with van der Waals surface area (Å²) >= 11 is 11.1. The van der Waals surface area contributed by atoms with Crippen molar-refractivity contribution in [2.75, 3.05) is 7.11 Å². The first-order valence-electron chi connectivity index (χ1n) is 11.9. The van der Waals surface area contributed by atoms with E-state index in [0.717, 1.165) is 17.4 Å². The standard InChI is InChI=1S/C29H20BrClF2N2O4S/c1-14-16(10-11-18(30)24(14)31)22-23-27(39-21(29(36)37)12-15-6-3-4-9-20(15)38-2)34-13-35-28(23)40-26(22)17-7-5-8-19(32)25(17)33/h3-11,13,21H,12H2,1-2H3,(H,36,37)/t21-/m1/s1. The maximum atomic E-state index is 15.1. The molecular formula is C29H20BrClF2N2O4S. The molecule has 2 heterocycles. The predicted octanol–water partition coefficient (Wildman–Crippen LogP) is 8.11. The Labute approximate surface area is 245 Å². The third-order valence-electron chi connectivity index (χ3n) is 6.39. The minimum Gasteiger partial charge on any atom is -0.496 e. The van der Waals surface area contributed by atoms with Gasteiger partial charge in [0, 0.05) is 26.9 Å². The number of fused-ring (bicyclic) bond motifs is 1. The van der Waals surface area contributed by atoms with E-state index in [-0.39, 0.29) is 17.9 Å². The minimum absolute atomic E-state index is 0.0138. The van der Waals surface area contributed by atoms with Crippen LogP contribution in [0.15, 0.2) is 65.4 Å². The molecule has 6 nitrogen and oxygen atoms in total. The van der Waals surface area contributed by atoms with Crippen LogP contribution < -0.4 is 9.47 Å². The summed E-state index contributed by atoms with van der Waals surface area (Å²) < 4.78 is 41.5. The van der Waals surface area contributed by atoms with Crippen LogP contribution >= 0.6 is 38.9 Å². The van der Waals surface area contributed by atoms with Crippen molar-refractivity contribution >= 4 is 55.1 Å². The van der Waals surface area contributed by atoms with Gasteiger partial charge < -0.3 is 14.6 Å². The average Bonchev–Trinajstić information content (AvgIpc) is 3.33. The van der Waals surface area contributed by atoms with Crippen LogP contribution in [0.1, 0.15) is 11.1 Å². The maximum Gasteiger partial charge on any atom is 0.345 e. The lowest BCUT2D eigenvalue weighted by Crippen LogP contribution is -2.30. The van der Waals surface area contributed by atoms with Gasteiger partial charge in [0.1, 0.15) is 16.9 Å². The number of thiophene rings is 1. The highest BCUT2D eigenvalue weighted by molar-refractivity contribution is 9.10. The van der Waals surface area contributed by atoms with Crippen LogP contribution in [0, 0.1) is 18.6 Å². The summed E-state index contributed by atoms with van der Waals surface area (Å²) in [5, 5.41) is 10.9. The van der Waals surface area contributed by atoms with Crippen molar-refractivity contribution < 1.29 is 28.2 Å². The van der Waals surface area contributed by atoms with Crippen molar-refractivity contribution in [2.45, 2.75) is 19.4 Å². The largest absolute Gasteiger partial charge is 0.496 e. The highest BCUT2D eigenvalue weighted by Crippen LogP contribution is 2.49. The van der Waals surface area contributed by atoms with Gasteiger partial charge >= 0.3 is 5.97 Å². The van der Waals surface area contributed by atoms with Crippen LogP contribution in [-0.2, 0) is 11.2 Å². The molecule has 0 spiro atoms. The van der Waals surface area contributed by atoms with Gasteiger partial charge in [-0.2, -0.15) is 0 Å². The zero-order valence-corrected chi connectivity index (χ0v) is 24.2. The first-order chi connectivity index (χ1) is 19.2. The Bertz CT molecular complexity index is 1760. The number of carboxylic acids is 1. The van der Waals surface area contributed by atoms with Crippen molar-refractivity contribution in [3.63, 3.8) is 0 Å². The van der Waals surface area contributed by atoms with E-state index < -0.39 is 23.7 Å². The lowest BCUT2D eigenvalue weighted by atomic mass is 9.96. The fraction of sp³-hybridized carbons (Fsp3) is 0.138. The number of hydrogen-bond donors (Lipinski definition) is 1. The Hall–Kier alpha value is -3.60. The summed E-state index contributed by atoms with van der Waals surface area (Å²) in [6.07, 6.45) is -0.113. The normalized spacial score (nSPS) is 11.9. The number of carboxylic acid groups (broad SMARTS) is 1. The fourth-order valence-corrected chi connectivity index (χ4v) is 6.19. The van der Waals surface area contributed by atoms with Crippen LogP contribution in [0.4, 0.5) is 8.78 Å². The van der Waals surface area contributed by atoms with Crippen molar-refractivity contribution in [2.24, 2.45) is 0 Å². The number of carbonyl (C=O) groups is 1. The van der Waals surface area contributed by atoms with E-state index in [1.807, 2.05) is 0 Å². The molecule has 2 aromatic heterocycles. The van der Waals surface area contributed by atoms with Gasteiger partial charge in [0.25, 0.3) is 0 Å². The van der Waals surface area contributed by atoms with E-state index in [2.05, 4.69) is 25.9 Å². The molecule has 0 aliphatic carbocycles. The van der Waals surface area contributed by atoms with Gasteiger partial charge in [-0.05, 0) is 57.7 Å². The number of para-hydroxylation sites is 1. The molecular weight excluding hydrogens is 626 g/mol. The van der Waals surface area contributed by atoms with Crippen LogP contribution in [0.25, 0.3) is 31.8 Å². The lowest BCUT2D eigenvalue weighted by molar-refractivity contribution is -0.145. The summed E-state index contributed by atoms with van der Waals surface area (Å²) in [5.74, 6) is -2.73. The maximum absolute atomic E-state index is 15.1. The zero-order chi connectivity index (χ0) is 28.6. The van der Waals surface area contributed by atoms with Gasteiger partial charge in [-0.25, -0.2) is 23.5 Å². The number of ether oxygens (including phenoxy) is 2. The summed E-state index contributed by atoms with van der Waals surface area (Å²) in [6.45, 7) is 1.80. The van der Waals surface area contributed by atoms with E-state index in [1.165, 1.54) is 25.6 Å². The van der Waals surface area contributed by atoms with E-state index in [4.69, 9.17) is 21.1 Å². The van der Waals surface area contributed by atoms with Gasteiger partial charge in [0.2, 0.25) is 12.0 Å². The molecule has 0 aliphatic rings. The SMILES string of the molecule is COc1ccccc1C[C@@H](Oc1ncnc2sc(-c3cccc(F)c3F)c(-c3ccc(Br)c(Cl)c3C)c12)C(=O)O. The number of rotatable bonds is 8. The molecule has 1 atom stereocenters. The molecule has 0 bridgehead atoms. The smallest absolute Gasteiger partial charge is 0.345 e. The van der Waals surface area contributed by atoms with Crippen molar-refractivity contribution in [1.82, 2.24) is 9.97 Å². The van der Waals surface area contributed by atoms with Gasteiger partial charge in [-0.15, -0.1) is 11.3 Å². The summed E-state index contributed by atoms with van der Waals surface area (Å²) in [7, 11) is 1.50. The molecule has 40 heavy (non-hydrogen) atoms. The summed E-state index contributed by atoms with van der Waals surface area (Å²) in [4.78, 5) is 21.7. The molecule has 204 valence electrons. The molecule has 0 fully saturated rings. The summed E-state index contributed by atoms with van der Waals surface area (Å²) in [6, 6.07) is 14.5. The molecule has 0 saturated heterocycles. The van der Waals surface area contributed by atoms with Gasteiger partial charge in [-0.1, -0.05) is 48.0 Å². The minimum atomic E-state index is -1.34. The monoisotopic (exact) mass is 644 g/mol. The number of methoxy groups -OCH3 is 1. The highest BCUT2D eigenvalue weighted by Gasteiger charge is 2.29. The lowest BCUT2D eigenvalue weighted by Gasteiger charge is -2.18. The quantitative estimate of drug-likeness (QED) is 0.184. The third-order valence-corrected chi connectivity index (χ3v) is 8.89. The van der Waals surface area contributed by atoms with E-state index in [0.29, 0.717) is 52.6 Å². The first-order valence-corrected chi connectivity index (χ1v) is 13.9. The molecule has 5 aromatic rings. The topological polar surface area (TPSA) is 81.5 Å². The molecule has 0 radical (unpaired) electrons. The second-order valence-corrected chi connectivity index (χ2v) is 11.0. The Kier molecular flexibility index (Phi) is 8.02. The number of halogens is 4. The molecule has 0 amide bonds. The number of aliphatic carboxylic acids is 1. The van der Waals surface area contributed by atoms with Crippen molar-refractivity contribution in [3.8, 4) is 33.2 Å². The predicted molar refractivity (Wildman–Crippen MR) is 154 cm³/mol. The fourth-order valence-electron chi connectivity index (χ4n) is 4.43. The van der Waals surface area contributed by atoms with Crippen LogP contribution in [0.5, 0.6) is 11.6 Å². The number of hydrogen-bond acceptors (Lipinski definition) is 6.